The minimum atomic E-state index is -4.50. The summed E-state index contributed by atoms with van der Waals surface area (Å²) in [5, 5.41) is 5.26. The highest BCUT2D eigenvalue weighted by molar-refractivity contribution is 7.13. The first-order valence-corrected chi connectivity index (χ1v) is 11.0. The topological polar surface area (TPSA) is 54.5 Å². The van der Waals surface area contributed by atoms with Crippen LogP contribution in [0.15, 0.2) is 47.8 Å². The fraction of sp³-hybridized carbons (Fsp3) is 0.304. The van der Waals surface area contributed by atoms with Crippen LogP contribution in [0.3, 0.4) is 0 Å². The minimum absolute atomic E-state index is 0.0267. The standard InChI is InChI=1S/C23H22F3N3O2S/c1-15-3-2-4-16(11-15)22-27-18(14-32-22)13-21(30)28-19-12-17(23(24,25)26)5-6-20(19)29-7-9-31-10-8-29/h2-6,11-12,14H,7-10,13H2,1H3,(H,28,30). The summed E-state index contributed by atoms with van der Waals surface area (Å²) in [5.74, 6) is -0.417. The Balaban J connectivity index is 1.53. The summed E-state index contributed by atoms with van der Waals surface area (Å²) in [4.78, 5) is 19.1. The van der Waals surface area contributed by atoms with Gasteiger partial charge in [-0.25, -0.2) is 4.98 Å². The molecule has 0 spiro atoms. The Hall–Kier alpha value is -2.91. The van der Waals surface area contributed by atoms with Gasteiger partial charge in [0.2, 0.25) is 5.91 Å². The van der Waals surface area contributed by atoms with Gasteiger partial charge in [0.1, 0.15) is 5.01 Å². The molecule has 0 bridgehead atoms. The van der Waals surface area contributed by atoms with Crippen molar-refractivity contribution >= 4 is 28.6 Å². The molecule has 0 radical (unpaired) electrons. The first-order valence-electron chi connectivity index (χ1n) is 10.1. The zero-order chi connectivity index (χ0) is 22.7. The highest BCUT2D eigenvalue weighted by Gasteiger charge is 2.32. The van der Waals surface area contributed by atoms with Gasteiger partial charge in [-0.2, -0.15) is 13.2 Å². The summed E-state index contributed by atoms with van der Waals surface area (Å²) < 4.78 is 45.1. The molecule has 0 atom stereocenters. The molecule has 9 heteroatoms. The van der Waals surface area contributed by atoms with E-state index in [1.165, 1.54) is 17.4 Å². The van der Waals surface area contributed by atoms with Crippen LogP contribution < -0.4 is 10.2 Å². The number of aryl methyl sites for hydroxylation is 1. The molecule has 1 saturated heterocycles. The van der Waals surface area contributed by atoms with E-state index in [9.17, 15) is 18.0 Å². The number of hydrogen-bond donors (Lipinski definition) is 1. The summed E-state index contributed by atoms with van der Waals surface area (Å²) in [6.45, 7) is 4.04. The third-order valence-electron chi connectivity index (χ3n) is 5.11. The Kier molecular flexibility index (Phi) is 6.48. The lowest BCUT2D eigenvalue weighted by Gasteiger charge is -2.31. The molecule has 2 heterocycles. The van der Waals surface area contributed by atoms with Gasteiger partial charge in [-0.05, 0) is 31.2 Å². The lowest BCUT2D eigenvalue weighted by atomic mass is 10.1. The summed E-state index contributed by atoms with van der Waals surface area (Å²) >= 11 is 1.43. The van der Waals surface area contributed by atoms with E-state index in [0.29, 0.717) is 37.7 Å². The molecule has 1 N–H and O–H groups in total. The number of carbonyl (C=O) groups excluding carboxylic acids is 1. The molecule has 32 heavy (non-hydrogen) atoms. The van der Waals surface area contributed by atoms with E-state index in [2.05, 4.69) is 10.3 Å². The molecule has 168 valence electrons. The van der Waals surface area contributed by atoms with Crippen molar-refractivity contribution in [2.24, 2.45) is 0 Å². The second-order valence-corrected chi connectivity index (χ2v) is 8.43. The van der Waals surface area contributed by atoms with Crippen molar-refractivity contribution in [2.45, 2.75) is 19.5 Å². The van der Waals surface area contributed by atoms with Crippen molar-refractivity contribution in [3.63, 3.8) is 0 Å². The lowest BCUT2D eigenvalue weighted by Crippen LogP contribution is -2.37. The van der Waals surface area contributed by atoms with E-state index in [-0.39, 0.29) is 12.1 Å². The van der Waals surface area contributed by atoms with Gasteiger partial charge in [0.25, 0.3) is 0 Å². The van der Waals surface area contributed by atoms with Crippen LogP contribution in [0.1, 0.15) is 16.8 Å². The highest BCUT2D eigenvalue weighted by Crippen LogP contribution is 2.36. The van der Waals surface area contributed by atoms with E-state index in [1.54, 1.807) is 5.38 Å². The van der Waals surface area contributed by atoms with E-state index >= 15 is 0 Å². The number of amides is 1. The normalized spacial score (nSPS) is 14.4. The highest BCUT2D eigenvalue weighted by atomic mass is 32.1. The van der Waals surface area contributed by atoms with Crippen LogP contribution in [0.25, 0.3) is 10.6 Å². The van der Waals surface area contributed by atoms with Crippen LogP contribution in [-0.4, -0.2) is 37.2 Å². The molecule has 2 aromatic carbocycles. The second-order valence-electron chi connectivity index (χ2n) is 7.57. The average molecular weight is 462 g/mol. The number of rotatable bonds is 5. The van der Waals surface area contributed by atoms with Gasteiger partial charge in [0.05, 0.1) is 42.3 Å². The molecular weight excluding hydrogens is 439 g/mol. The predicted molar refractivity (Wildman–Crippen MR) is 119 cm³/mol. The van der Waals surface area contributed by atoms with Crippen molar-refractivity contribution in [3.8, 4) is 10.6 Å². The Bertz CT molecular complexity index is 1110. The lowest BCUT2D eigenvalue weighted by molar-refractivity contribution is -0.137. The third kappa shape index (κ3) is 5.28. The molecule has 1 fully saturated rings. The largest absolute Gasteiger partial charge is 0.416 e. The molecular formula is C23H22F3N3O2S. The Morgan fingerprint density at radius 1 is 1.19 bits per heavy atom. The van der Waals surface area contributed by atoms with Crippen molar-refractivity contribution in [3.05, 3.63) is 64.7 Å². The quantitative estimate of drug-likeness (QED) is 0.571. The van der Waals surface area contributed by atoms with Crippen LogP contribution in [0.5, 0.6) is 0 Å². The maximum Gasteiger partial charge on any atom is 0.416 e. The number of benzene rings is 2. The van der Waals surface area contributed by atoms with Crippen molar-refractivity contribution < 1.29 is 22.7 Å². The second kappa shape index (κ2) is 9.30. The summed E-state index contributed by atoms with van der Waals surface area (Å²) in [5.41, 5.74) is 2.53. The van der Waals surface area contributed by atoms with Crippen molar-refractivity contribution in [1.29, 1.82) is 0 Å². The first kappa shape index (κ1) is 22.3. The average Bonchev–Trinajstić information content (AvgIpc) is 3.22. The predicted octanol–water partition coefficient (Wildman–Crippen LogP) is 5.16. The molecule has 1 amide bonds. The summed E-state index contributed by atoms with van der Waals surface area (Å²) in [6.07, 6.45) is -4.53. The monoisotopic (exact) mass is 461 g/mol. The number of aromatic nitrogens is 1. The molecule has 1 aromatic heterocycles. The number of nitrogens with one attached hydrogen (secondary N) is 1. The van der Waals surface area contributed by atoms with E-state index in [1.807, 2.05) is 36.1 Å². The van der Waals surface area contributed by atoms with Gasteiger partial charge in [-0.1, -0.05) is 23.8 Å². The van der Waals surface area contributed by atoms with Crippen LogP contribution in [0.4, 0.5) is 24.5 Å². The zero-order valence-corrected chi connectivity index (χ0v) is 18.2. The van der Waals surface area contributed by atoms with Gasteiger partial charge in [0, 0.05) is 24.0 Å². The Morgan fingerprint density at radius 3 is 2.69 bits per heavy atom. The number of morpholine rings is 1. The number of carbonyl (C=O) groups is 1. The van der Waals surface area contributed by atoms with Gasteiger partial charge in [0.15, 0.2) is 0 Å². The molecule has 4 rings (SSSR count). The summed E-state index contributed by atoms with van der Waals surface area (Å²) in [6, 6.07) is 11.3. The molecule has 1 aliphatic rings. The van der Waals surface area contributed by atoms with E-state index in [0.717, 1.165) is 28.3 Å². The molecule has 1 aliphatic heterocycles. The Labute approximate surface area is 187 Å². The number of thiazole rings is 1. The molecule has 0 aliphatic carbocycles. The van der Waals surface area contributed by atoms with Crippen molar-refractivity contribution in [2.75, 3.05) is 36.5 Å². The van der Waals surface area contributed by atoms with Gasteiger partial charge >= 0.3 is 6.18 Å². The van der Waals surface area contributed by atoms with Gasteiger partial charge in [-0.3, -0.25) is 4.79 Å². The SMILES string of the molecule is Cc1cccc(-c2nc(CC(=O)Nc3cc(C(F)(F)F)ccc3N3CCOCC3)cs2)c1. The molecule has 0 saturated carbocycles. The number of hydrogen-bond acceptors (Lipinski definition) is 5. The number of alkyl halides is 3. The van der Waals surface area contributed by atoms with Crippen LogP contribution in [-0.2, 0) is 22.1 Å². The smallest absolute Gasteiger partial charge is 0.378 e. The van der Waals surface area contributed by atoms with E-state index in [4.69, 9.17) is 4.74 Å². The number of halogens is 3. The zero-order valence-electron chi connectivity index (χ0n) is 17.4. The van der Waals surface area contributed by atoms with E-state index < -0.39 is 17.6 Å². The van der Waals surface area contributed by atoms with Crippen LogP contribution >= 0.6 is 11.3 Å². The maximum absolute atomic E-state index is 13.3. The minimum Gasteiger partial charge on any atom is -0.378 e. The van der Waals surface area contributed by atoms with Crippen molar-refractivity contribution in [1.82, 2.24) is 4.98 Å². The molecule has 3 aromatic rings. The number of anilines is 2. The van der Waals surface area contributed by atoms with Crippen LogP contribution in [0, 0.1) is 6.92 Å². The fourth-order valence-electron chi connectivity index (χ4n) is 3.55. The van der Waals surface area contributed by atoms with Gasteiger partial charge < -0.3 is 15.0 Å². The summed E-state index contributed by atoms with van der Waals surface area (Å²) in [7, 11) is 0. The first-order chi connectivity index (χ1) is 15.3. The van der Waals surface area contributed by atoms with Gasteiger partial charge in [-0.15, -0.1) is 11.3 Å². The third-order valence-corrected chi connectivity index (χ3v) is 6.05. The Morgan fingerprint density at radius 2 is 1.97 bits per heavy atom. The fourth-order valence-corrected chi connectivity index (χ4v) is 4.37. The molecule has 0 unspecified atom stereocenters. The number of ether oxygens (including phenoxy) is 1. The maximum atomic E-state index is 13.3. The number of nitrogens with zero attached hydrogens (tertiary/aromatic N) is 2. The van der Waals surface area contributed by atoms with Crippen LogP contribution in [0.2, 0.25) is 0 Å². The molecule has 5 nitrogen and oxygen atoms in total.